The molecule has 0 aromatic rings. The van der Waals surface area contributed by atoms with Gasteiger partial charge in [-0.1, -0.05) is 0 Å². The van der Waals surface area contributed by atoms with Crippen molar-refractivity contribution in [3.8, 4) is 12.0 Å². The first-order valence-corrected chi connectivity index (χ1v) is 4.45. The minimum atomic E-state index is -1.40. The zero-order chi connectivity index (χ0) is 11.4. The highest BCUT2D eigenvalue weighted by molar-refractivity contribution is 5.08. The Kier molecular flexibility index (Phi) is 4.32. The maximum absolute atomic E-state index is 9.47. The van der Waals surface area contributed by atoms with Crippen LogP contribution in [0.2, 0.25) is 0 Å². The second-order valence-electron chi connectivity index (χ2n) is 3.20. The molecule has 0 radical (unpaired) electrons. The number of hydrogen-bond acceptors (Lipinski definition) is 6. The van der Waals surface area contributed by atoms with Gasteiger partial charge in [-0.05, 0) is 5.92 Å². The highest BCUT2D eigenvalue weighted by Gasteiger charge is 2.42. The smallest absolute Gasteiger partial charge is 0.150 e. The van der Waals surface area contributed by atoms with Gasteiger partial charge in [0, 0.05) is 0 Å². The van der Waals surface area contributed by atoms with Gasteiger partial charge in [0.25, 0.3) is 0 Å². The van der Waals surface area contributed by atoms with Crippen molar-refractivity contribution >= 4 is 0 Å². The first kappa shape index (κ1) is 12.2. The maximum Gasteiger partial charge on any atom is 0.150 e. The van der Waals surface area contributed by atoms with E-state index in [0.29, 0.717) is 0 Å². The molecule has 0 aromatic carbocycles. The molecule has 0 aliphatic carbocycles. The molecule has 0 amide bonds. The molecular weight excluding hydrogens is 204 g/mol. The van der Waals surface area contributed by atoms with Crippen LogP contribution in [0.25, 0.3) is 0 Å². The third-order valence-electron chi connectivity index (χ3n) is 2.20. The van der Waals surface area contributed by atoms with Gasteiger partial charge in [0.05, 0.1) is 13.7 Å². The van der Waals surface area contributed by atoms with Crippen LogP contribution in [-0.2, 0) is 9.47 Å². The molecule has 1 rings (SSSR count). The van der Waals surface area contributed by atoms with Gasteiger partial charge in [-0.25, -0.2) is 0 Å². The molecule has 15 heavy (non-hydrogen) atoms. The molecule has 86 valence electrons. The van der Waals surface area contributed by atoms with Crippen LogP contribution in [0.15, 0.2) is 0 Å². The molecule has 0 saturated carbocycles. The summed E-state index contributed by atoms with van der Waals surface area (Å²) in [5.74, 6) is 2.41. The first-order valence-electron chi connectivity index (χ1n) is 4.45. The Morgan fingerprint density at radius 3 is 2.40 bits per heavy atom. The zero-order valence-electron chi connectivity index (χ0n) is 8.20. The summed E-state index contributed by atoms with van der Waals surface area (Å²) in [5, 5.41) is 37.1. The molecule has 6 nitrogen and oxygen atoms in total. The summed E-state index contributed by atoms with van der Waals surface area (Å²) in [6, 6.07) is 0. The van der Waals surface area contributed by atoms with Crippen molar-refractivity contribution in [1.29, 1.82) is 0 Å². The van der Waals surface area contributed by atoms with Gasteiger partial charge in [-0.2, -0.15) is 0 Å². The van der Waals surface area contributed by atoms with Crippen LogP contribution in [0.1, 0.15) is 0 Å². The molecule has 6 heteroatoms. The van der Waals surface area contributed by atoms with Crippen molar-refractivity contribution in [1.82, 2.24) is 0 Å². The average molecular weight is 218 g/mol. The van der Waals surface area contributed by atoms with E-state index in [9.17, 15) is 15.3 Å². The van der Waals surface area contributed by atoms with E-state index in [1.165, 1.54) is 7.11 Å². The molecule has 1 fully saturated rings. The molecule has 0 bridgehead atoms. The minimum absolute atomic E-state index is 0.462. The minimum Gasteiger partial charge on any atom is -0.450 e. The largest absolute Gasteiger partial charge is 0.450 e. The fourth-order valence-corrected chi connectivity index (χ4v) is 1.34. The number of rotatable bonds is 1. The third kappa shape index (κ3) is 2.59. The van der Waals surface area contributed by atoms with E-state index in [1.807, 2.05) is 0 Å². The SMILES string of the molecule is COC#CC1OC(CO)[C@@H](O)C(O)C1O. The standard InChI is InChI=1S/C9H14O6/c1-14-3-2-5-7(11)9(13)8(12)6(4-10)15-5/h5-13H,4H2,1H3/t5?,6?,7?,8-,9?/m1/s1. The van der Waals surface area contributed by atoms with E-state index in [-0.39, 0.29) is 0 Å². The van der Waals surface area contributed by atoms with E-state index in [0.717, 1.165) is 0 Å². The molecule has 1 saturated heterocycles. The Bertz CT molecular complexity index is 255. The van der Waals surface area contributed by atoms with Crippen molar-refractivity contribution in [2.45, 2.75) is 30.5 Å². The number of ether oxygens (including phenoxy) is 2. The van der Waals surface area contributed by atoms with Gasteiger partial charge in [-0.15, -0.1) is 0 Å². The topological polar surface area (TPSA) is 99.4 Å². The number of methoxy groups -OCH3 is 1. The quantitative estimate of drug-likeness (QED) is 0.361. The Hall–Kier alpha value is -0.840. The molecule has 1 aliphatic rings. The fourth-order valence-electron chi connectivity index (χ4n) is 1.34. The molecule has 5 atom stereocenters. The van der Waals surface area contributed by atoms with Crippen molar-refractivity contribution in [3.05, 3.63) is 0 Å². The number of aliphatic hydroxyl groups is 4. The Morgan fingerprint density at radius 2 is 1.87 bits per heavy atom. The van der Waals surface area contributed by atoms with Crippen molar-refractivity contribution in [2.75, 3.05) is 13.7 Å². The lowest BCUT2D eigenvalue weighted by Crippen LogP contribution is -2.58. The van der Waals surface area contributed by atoms with E-state index in [1.54, 1.807) is 0 Å². The molecule has 1 heterocycles. The van der Waals surface area contributed by atoms with E-state index in [2.05, 4.69) is 16.8 Å². The molecule has 0 aromatic heterocycles. The summed E-state index contributed by atoms with van der Waals surface area (Å²) in [6.07, 6.45) is -3.78. The normalized spacial score (nSPS) is 40.5. The van der Waals surface area contributed by atoms with Gasteiger partial charge in [0.15, 0.2) is 6.10 Å². The predicted octanol–water partition coefficient (Wildman–Crippen LogP) is -2.56. The first-order chi connectivity index (χ1) is 7.11. The van der Waals surface area contributed by atoms with Crippen molar-refractivity contribution in [3.63, 3.8) is 0 Å². The monoisotopic (exact) mass is 218 g/mol. The summed E-state index contributed by atoms with van der Waals surface area (Å²) < 4.78 is 9.53. The van der Waals surface area contributed by atoms with Crippen molar-refractivity contribution in [2.24, 2.45) is 0 Å². The predicted molar refractivity (Wildman–Crippen MR) is 48.6 cm³/mol. The molecular formula is C9H14O6. The van der Waals surface area contributed by atoms with Gasteiger partial charge < -0.3 is 29.9 Å². The van der Waals surface area contributed by atoms with Gasteiger partial charge in [0.1, 0.15) is 30.5 Å². The summed E-state index contributed by atoms with van der Waals surface area (Å²) in [4.78, 5) is 0. The summed E-state index contributed by atoms with van der Waals surface area (Å²) in [7, 11) is 1.34. The van der Waals surface area contributed by atoms with E-state index in [4.69, 9.17) is 9.84 Å². The maximum atomic E-state index is 9.47. The highest BCUT2D eigenvalue weighted by atomic mass is 16.5. The van der Waals surface area contributed by atoms with Crippen LogP contribution in [0, 0.1) is 12.0 Å². The Labute approximate surface area is 87.1 Å². The van der Waals surface area contributed by atoms with E-state index >= 15 is 0 Å². The Morgan fingerprint density at radius 1 is 1.20 bits per heavy atom. The van der Waals surface area contributed by atoms with Crippen LogP contribution in [0.5, 0.6) is 0 Å². The molecule has 4 N–H and O–H groups in total. The Balaban J connectivity index is 2.74. The number of hydrogen-bond donors (Lipinski definition) is 4. The molecule has 0 spiro atoms. The van der Waals surface area contributed by atoms with Crippen LogP contribution in [0.3, 0.4) is 0 Å². The third-order valence-corrected chi connectivity index (χ3v) is 2.20. The van der Waals surface area contributed by atoms with Gasteiger partial charge in [-0.3, -0.25) is 0 Å². The summed E-state index contributed by atoms with van der Waals surface area (Å²) in [6.45, 7) is -0.462. The fraction of sp³-hybridized carbons (Fsp3) is 0.778. The lowest BCUT2D eigenvalue weighted by Gasteiger charge is -2.37. The second kappa shape index (κ2) is 5.30. The van der Waals surface area contributed by atoms with Crippen LogP contribution < -0.4 is 0 Å². The van der Waals surface area contributed by atoms with Crippen LogP contribution >= 0.6 is 0 Å². The average Bonchev–Trinajstić information content (AvgIpc) is 2.25. The van der Waals surface area contributed by atoms with Crippen LogP contribution in [-0.4, -0.2) is 64.7 Å². The lowest BCUT2D eigenvalue weighted by molar-refractivity contribution is -0.214. The zero-order valence-corrected chi connectivity index (χ0v) is 8.20. The van der Waals surface area contributed by atoms with Gasteiger partial charge in [0.2, 0.25) is 0 Å². The molecule has 1 aliphatic heterocycles. The van der Waals surface area contributed by atoms with E-state index < -0.39 is 37.1 Å². The van der Waals surface area contributed by atoms with Crippen molar-refractivity contribution < 1.29 is 29.9 Å². The lowest BCUT2D eigenvalue weighted by atomic mass is 9.95. The van der Waals surface area contributed by atoms with Gasteiger partial charge >= 0.3 is 0 Å². The number of aliphatic hydroxyl groups excluding tert-OH is 4. The highest BCUT2D eigenvalue weighted by Crippen LogP contribution is 2.20. The molecule has 4 unspecified atom stereocenters. The summed E-state index contributed by atoms with van der Waals surface area (Å²) in [5.41, 5.74) is 0. The van der Waals surface area contributed by atoms with Crippen LogP contribution in [0.4, 0.5) is 0 Å². The second-order valence-corrected chi connectivity index (χ2v) is 3.20. The summed E-state index contributed by atoms with van der Waals surface area (Å²) >= 11 is 0.